The second-order valence-electron chi connectivity index (χ2n) is 4.29. The molecule has 2 heterocycles. The smallest absolute Gasteiger partial charge is 0.275 e. The molecule has 1 fully saturated rings. The number of halogens is 4. The van der Waals surface area contributed by atoms with Gasteiger partial charge in [0.1, 0.15) is 5.54 Å². The third-order valence-corrected chi connectivity index (χ3v) is 3.90. The highest BCUT2D eigenvalue weighted by Crippen LogP contribution is 2.22. The summed E-state index contributed by atoms with van der Waals surface area (Å²) < 4.78 is 1.11. The first-order valence-corrected chi connectivity index (χ1v) is 6.59. The second kappa shape index (κ2) is 6.32. The third-order valence-electron chi connectivity index (χ3n) is 2.45. The number of carbonyl (C=O) groups is 2. The van der Waals surface area contributed by atoms with Gasteiger partial charge in [0.15, 0.2) is 0 Å². The van der Waals surface area contributed by atoms with E-state index < -0.39 is 28.6 Å². The average Bonchev–Trinajstić information content (AvgIpc) is 2.64. The molecule has 122 valence electrons. The Hall–Kier alpha value is -1.49. The molecule has 0 aromatic carbocycles. The van der Waals surface area contributed by atoms with E-state index >= 15 is 0 Å². The zero-order chi connectivity index (χ0) is 17.4. The van der Waals surface area contributed by atoms with Gasteiger partial charge in [0.25, 0.3) is 5.91 Å². The third kappa shape index (κ3) is 3.14. The molecule has 3 amide bonds. The van der Waals surface area contributed by atoms with Crippen molar-refractivity contribution in [2.75, 3.05) is 0 Å². The molecule has 2 rings (SSSR count). The van der Waals surface area contributed by atoms with Crippen molar-refractivity contribution in [3.8, 4) is 0 Å². The maximum Gasteiger partial charge on any atom is 0.366 e. The number of nitrogens with one attached hydrogen (secondary N) is 1. The Balaban J connectivity index is 0.000000224. The van der Waals surface area contributed by atoms with Gasteiger partial charge in [-0.3, -0.25) is 10.1 Å². The molecule has 14 heteroatoms. The number of rotatable bonds is 0. The van der Waals surface area contributed by atoms with Gasteiger partial charge in [-0.15, -0.1) is 12.3 Å². The van der Waals surface area contributed by atoms with Crippen LogP contribution >= 0.6 is 47.1 Å². The van der Waals surface area contributed by atoms with E-state index in [0.29, 0.717) is 0 Å². The van der Waals surface area contributed by atoms with Crippen LogP contribution < -0.4 is 22.4 Å². The molecular weight excluding hydrogens is 388 g/mol. The van der Waals surface area contributed by atoms with Gasteiger partial charge < -0.3 is 0 Å². The Bertz CT molecular complexity index is 707. The minimum absolute atomic E-state index is 0.0847. The molecule has 1 aromatic heterocycles. The number of urea groups is 1. The maximum atomic E-state index is 10.9. The molecule has 0 aliphatic carbocycles. The summed E-state index contributed by atoms with van der Waals surface area (Å²) in [4.78, 5) is 53.8. The van der Waals surface area contributed by atoms with Gasteiger partial charge in [-0.05, 0) is 13.8 Å². The van der Waals surface area contributed by atoms with Crippen LogP contribution in [-0.4, -0.2) is 34.2 Å². The summed E-state index contributed by atoms with van der Waals surface area (Å²) in [7, 11) is 0. The van der Waals surface area contributed by atoms with Crippen LogP contribution in [0, 0.1) is 0 Å². The van der Waals surface area contributed by atoms with E-state index in [0.717, 1.165) is 4.42 Å². The molecule has 1 saturated heterocycles. The molecule has 1 N–H and O–H groups in total. The molecule has 10 nitrogen and oxygen atoms in total. The zero-order valence-corrected chi connectivity index (χ0v) is 13.9. The molecule has 22 heavy (non-hydrogen) atoms. The largest absolute Gasteiger partial charge is 0.366 e. The normalized spacial score (nSPS) is 16.2. The Morgan fingerprint density at radius 2 is 1.09 bits per heavy atom. The standard InChI is InChI=1S/C5H7ClN2O2.C3Cl3N3O3/c1-5(2)3(9)7-4(10)8(5)6;4-7-1(10)8(5)3(12)9(6)2(7)11/h1-2H3,(H,7,9,10);. The maximum absolute atomic E-state index is 10.9. The fraction of sp³-hybridized carbons (Fsp3) is 0.375. The van der Waals surface area contributed by atoms with E-state index in [1.165, 1.54) is 0 Å². The van der Waals surface area contributed by atoms with Crippen LogP contribution in [0.3, 0.4) is 0 Å². The van der Waals surface area contributed by atoms with Crippen molar-refractivity contribution in [3.63, 3.8) is 0 Å². The molecule has 0 bridgehead atoms. The van der Waals surface area contributed by atoms with Crippen molar-refractivity contribution in [2.24, 2.45) is 0 Å². The Morgan fingerprint density at radius 1 is 0.773 bits per heavy atom. The number of amides is 3. The van der Waals surface area contributed by atoms with Gasteiger partial charge in [0.05, 0.1) is 0 Å². The Kier molecular flexibility index (Phi) is 5.34. The van der Waals surface area contributed by atoms with Crippen molar-refractivity contribution < 1.29 is 9.59 Å². The monoisotopic (exact) mass is 393 g/mol. The molecule has 0 radical (unpaired) electrons. The molecule has 1 aliphatic heterocycles. The molecule has 0 saturated carbocycles. The van der Waals surface area contributed by atoms with Crippen LogP contribution in [0.15, 0.2) is 14.4 Å². The van der Waals surface area contributed by atoms with Crippen LogP contribution in [0.25, 0.3) is 0 Å². The summed E-state index contributed by atoms with van der Waals surface area (Å²) in [5.41, 5.74) is -4.40. The number of hydrogen-bond donors (Lipinski definition) is 1. The highest BCUT2D eigenvalue weighted by molar-refractivity contribution is 6.28. The summed E-state index contributed by atoms with van der Waals surface area (Å²) >= 11 is 20.8. The highest BCUT2D eigenvalue weighted by Gasteiger charge is 2.45. The van der Waals surface area contributed by atoms with Crippen LogP contribution in [0.5, 0.6) is 0 Å². The van der Waals surface area contributed by atoms with Crippen LogP contribution in [-0.2, 0) is 4.79 Å². The molecule has 1 aliphatic rings. The first-order valence-electron chi connectivity index (χ1n) is 5.24. The summed E-state index contributed by atoms with van der Waals surface area (Å²) in [6, 6.07) is -0.559. The summed E-state index contributed by atoms with van der Waals surface area (Å²) in [5, 5.41) is 2.07. The van der Waals surface area contributed by atoms with Crippen molar-refractivity contribution in [3.05, 3.63) is 31.5 Å². The van der Waals surface area contributed by atoms with Gasteiger partial charge in [0.2, 0.25) is 0 Å². The van der Waals surface area contributed by atoms with Crippen LogP contribution in [0.2, 0.25) is 0 Å². The number of carbonyl (C=O) groups excluding carboxylic acids is 2. The molecule has 0 spiro atoms. The van der Waals surface area contributed by atoms with Crippen molar-refractivity contribution >= 4 is 59.0 Å². The van der Waals surface area contributed by atoms with Gasteiger partial charge in [0, 0.05) is 47.1 Å². The van der Waals surface area contributed by atoms with E-state index in [2.05, 4.69) is 5.32 Å². The van der Waals surface area contributed by atoms with Crippen LogP contribution in [0.4, 0.5) is 4.79 Å². The van der Waals surface area contributed by atoms with E-state index in [-0.39, 0.29) is 18.2 Å². The first kappa shape index (κ1) is 18.6. The SMILES string of the molecule is CC1(C)C(=O)NC(=O)N1Cl.O=c1n(Cl)c(=O)n(Cl)c(=O)n1Cl. The van der Waals surface area contributed by atoms with Crippen LogP contribution in [0.1, 0.15) is 13.8 Å². The quantitative estimate of drug-likeness (QED) is 0.477. The lowest BCUT2D eigenvalue weighted by Crippen LogP contribution is -2.47. The van der Waals surface area contributed by atoms with E-state index in [1.807, 2.05) is 0 Å². The minimum Gasteiger partial charge on any atom is -0.275 e. The predicted octanol–water partition coefficient (Wildman–Crippen LogP) is -0.352. The molecule has 0 atom stereocenters. The molecular formula is C8H7Cl4N5O5. The lowest BCUT2D eigenvalue weighted by molar-refractivity contribution is -0.124. The van der Waals surface area contributed by atoms with Crippen molar-refractivity contribution in [1.82, 2.24) is 22.0 Å². The first-order chi connectivity index (χ1) is 9.92. The average molecular weight is 395 g/mol. The number of nitrogens with zero attached hydrogens (tertiary/aromatic N) is 4. The number of hydrogen-bond acceptors (Lipinski definition) is 5. The Labute approximate surface area is 141 Å². The molecule has 0 unspecified atom stereocenters. The molecule has 1 aromatic rings. The topological polar surface area (TPSA) is 115 Å². The van der Waals surface area contributed by atoms with E-state index in [1.54, 1.807) is 13.8 Å². The zero-order valence-electron chi connectivity index (χ0n) is 10.8. The number of aromatic nitrogens is 3. The van der Waals surface area contributed by atoms with Gasteiger partial charge in [-0.2, -0.15) is 0 Å². The fourth-order valence-electron chi connectivity index (χ4n) is 1.12. The van der Waals surface area contributed by atoms with Crippen molar-refractivity contribution in [1.29, 1.82) is 0 Å². The van der Waals surface area contributed by atoms with Gasteiger partial charge >= 0.3 is 23.1 Å². The predicted molar refractivity (Wildman–Crippen MR) is 78.3 cm³/mol. The highest BCUT2D eigenvalue weighted by atomic mass is 35.5. The summed E-state index contributed by atoms with van der Waals surface area (Å²) in [6.45, 7) is 3.14. The minimum atomic E-state index is -1.16. The van der Waals surface area contributed by atoms with E-state index in [9.17, 15) is 24.0 Å². The van der Waals surface area contributed by atoms with Crippen molar-refractivity contribution in [2.45, 2.75) is 19.4 Å². The van der Waals surface area contributed by atoms with E-state index in [4.69, 9.17) is 47.1 Å². The fourth-order valence-corrected chi connectivity index (χ4v) is 1.81. The van der Waals surface area contributed by atoms with Gasteiger partial charge in [-0.1, -0.05) is 0 Å². The summed E-state index contributed by atoms with van der Waals surface area (Å²) in [5.74, 6) is -0.368. The lowest BCUT2D eigenvalue weighted by atomic mass is 10.1. The van der Waals surface area contributed by atoms with Gasteiger partial charge in [-0.25, -0.2) is 23.6 Å². The lowest BCUT2D eigenvalue weighted by Gasteiger charge is -2.19. The number of imide groups is 1. The Morgan fingerprint density at radius 3 is 1.23 bits per heavy atom. The second-order valence-corrected chi connectivity index (χ2v) is 5.64. The summed E-state index contributed by atoms with van der Waals surface area (Å²) in [6.07, 6.45) is 0.